The molecule has 0 atom stereocenters. The predicted molar refractivity (Wildman–Crippen MR) is 70.0 cm³/mol. The monoisotopic (exact) mass is 265 g/mol. The van der Waals surface area contributed by atoms with Crippen LogP contribution < -0.4 is 0 Å². The molecule has 0 radical (unpaired) electrons. The maximum Gasteiger partial charge on any atom is 0.252 e. The first-order valence-corrected chi connectivity index (χ1v) is 6.56. The Bertz CT molecular complexity index is 549. The van der Waals surface area contributed by atoms with E-state index >= 15 is 0 Å². The Hall–Kier alpha value is -1.49. The van der Waals surface area contributed by atoms with Gasteiger partial charge in [0, 0.05) is 30.3 Å². The van der Waals surface area contributed by atoms with E-state index in [1.807, 2.05) is 20.8 Å². The number of aryl methyl sites for hydroxylation is 3. The molecule has 0 amide bonds. The molecule has 0 saturated heterocycles. The number of hydrogen-bond donors (Lipinski definition) is 0. The normalized spacial score (nSPS) is 10.9. The van der Waals surface area contributed by atoms with E-state index < -0.39 is 0 Å². The number of aromatic nitrogens is 5. The Morgan fingerprint density at radius 1 is 1.22 bits per heavy atom. The van der Waals surface area contributed by atoms with E-state index in [4.69, 9.17) is 11.6 Å². The van der Waals surface area contributed by atoms with Gasteiger partial charge in [0.2, 0.25) is 0 Å². The molecule has 0 aliphatic heterocycles. The lowest BCUT2D eigenvalue weighted by Crippen LogP contribution is -2.09. The van der Waals surface area contributed by atoms with Crippen LogP contribution in [0.1, 0.15) is 36.8 Å². The zero-order chi connectivity index (χ0) is 13.1. The number of hydrogen-bond acceptors (Lipinski definition) is 4. The minimum absolute atomic E-state index is 0.421. The molecule has 0 saturated carbocycles. The molecule has 2 aromatic heterocycles. The summed E-state index contributed by atoms with van der Waals surface area (Å²) in [6, 6.07) is 0. The standard InChI is InChI=1S/C12H16ClN5/c1-4-10-16-11(5-2)18(17-10)12-14-7-9(6-13)8(3)15-12/h7H,4-6H2,1-3H3. The molecule has 0 unspecified atom stereocenters. The van der Waals surface area contributed by atoms with E-state index in [0.717, 1.165) is 35.7 Å². The van der Waals surface area contributed by atoms with Crippen molar-refractivity contribution in [2.75, 3.05) is 0 Å². The van der Waals surface area contributed by atoms with Crippen molar-refractivity contribution in [1.29, 1.82) is 0 Å². The van der Waals surface area contributed by atoms with E-state index in [1.54, 1.807) is 10.9 Å². The van der Waals surface area contributed by atoms with Crippen molar-refractivity contribution in [3.8, 4) is 5.95 Å². The molecule has 0 aromatic carbocycles. The summed E-state index contributed by atoms with van der Waals surface area (Å²) in [6.45, 7) is 5.99. The summed E-state index contributed by atoms with van der Waals surface area (Å²) in [7, 11) is 0. The van der Waals surface area contributed by atoms with Crippen LogP contribution in [0.2, 0.25) is 0 Å². The fraction of sp³-hybridized carbons (Fsp3) is 0.500. The molecule has 0 bridgehead atoms. The second-order valence-corrected chi connectivity index (χ2v) is 4.24. The molecule has 5 nitrogen and oxygen atoms in total. The molecule has 2 heterocycles. The number of alkyl halides is 1. The maximum absolute atomic E-state index is 5.80. The van der Waals surface area contributed by atoms with Crippen molar-refractivity contribution >= 4 is 11.6 Å². The van der Waals surface area contributed by atoms with Gasteiger partial charge in [-0.15, -0.1) is 16.7 Å². The van der Waals surface area contributed by atoms with E-state index in [0.29, 0.717) is 11.8 Å². The van der Waals surface area contributed by atoms with Crippen LogP contribution in [0, 0.1) is 6.92 Å². The molecule has 96 valence electrons. The van der Waals surface area contributed by atoms with Crippen molar-refractivity contribution in [3.05, 3.63) is 29.1 Å². The average molecular weight is 266 g/mol. The van der Waals surface area contributed by atoms with Gasteiger partial charge in [-0.05, 0) is 6.92 Å². The lowest BCUT2D eigenvalue weighted by Gasteiger charge is -2.05. The molecule has 2 rings (SSSR count). The highest BCUT2D eigenvalue weighted by Gasteiger charge is 2.12. The molecule has 0 aliphatic rings. The van der Waals surface area contributed by atoms with Gasteiger partial charge in [-0.1, -0.05) is 13.8 Å². The Balaban J connectivity index is 2.47. The van der Waals surface area contributed by atoms with Gasteiger partial charge in [0.15, 0.2) is 5.82 Å². The van der Waals surface area contributed by atoms with Gasteiger partial charge in [0.05, 0.1) is 5.88 Å². The second kappa shape index (κ2) is 5.44. The van der Waals surface area contributed by atoms with Crippen LogP contribution in [-0.4, -0.2) is 24.7 Å². The highest BCUT2D eigenvalue weighted by atomic mass is 35.5. The average Bonchev–Trinajstić information content (AvgIpc) is 2.82. The molecule has 0 fully saturated rings. The van der Waals surface area contributed by atoms with E-state index in [1.165, 1.54) is 0 Å². The molecule has 0 aliphatic carbocycles. The van der Waals surface area contributed by atoms with E-state index in [-0.39, 0.29) is 0 Å². The molecule has 6 heteroatoms. The zero-order valence-corrected chi connectivity index (χ0v) is 11.6. The van der Waals surface area contributed by atoms with Crippen LogP contribution in [0.25, 0.3) is 5.95 Å². The summed E-state index contributed by atoms with van der Waals surface area (Å²) in [4.78, 5) is 13.2. The summed E-state index contributed by atoms with van der Waals surface area (Å²) < 4.78 is 1.71. The Morgan fingerprint density at radius 3 is 2.56 bits per heavy atom. The lowest BCUT2D eigenvalue weighted by molar-refractivity contribution is 0.736. The summed E-state index contributed by atoms with van der Waals surface area (Å²) in [6.07, 6.45) is 3.35. The van der Waals surface area contributed by atoms with Crippen LogP contribution in [0.3, 0.4) is 0 Å². The minimum Gasteiger partial charge on any atom is -0.219 e. The van der Waals surface area contributed by atoms with Crippen molar-refractivity contribution < 1.29 is 0 Å². The first-order valence-electron chi connectivity index (χ1n) is 6.03. The third-order valence-corrected chi connectivity index (χ3v) is 3.04. The summed E-state index contributed by atoms with van der Waals surface area (Å²) >= 11 is 5.80. The van der Waals surface area contributed by atoms with Crippen LogP contribution >= 0.6 is 11.6 Å². The SMILES string of the molecule is CCc1nc(CC)n(-c2ncc(CCl)c(C)n2)n1. The van der Waals surface area contributed by atoms with Crippen molar-refractivity contribution in [3.63, 3.8) is 0 Å². The quantitative estimate of drug-likeness (QED) is 0.796. The van der Waals surface area contributed by atoms with Crippen LogP contribution in [0.4, 0.5) is 0 Å². The van der Waals surface area contributed by atoms with Gasteiger partial charge < -0.3 is 0 Å². The third kappa shape index (κ3) is 2.36. The molecule has 18 heavy (non-hydrogen) atoms. The van der Waals surface area contributed by atoms with Gasteiger partial charge >= 0.3 is 0 Å². The summed E-state index contributed by atoms with van der Waals surface area (Å²) in [5.74, 6) is 2.68. The molecule has 0 spiro atoms. The number of rotatable bonds is 4. The van der Waals surface area contributed by atoms with Crippen LogP contribution in [0.15, 0.2) is 6.20 Å². The zero-order valence-electron chi connectivity index (χ0n) is 10.8. The van der Waals surface area contributed by atoms with Crippen molar-refractivity contribution in [1.82, 2.24) is 24.7 Å². The molecule has 2 aromatic rings. The van der Waals surface area contributed by atoms with Gasteiger partial charge in [-0.3, -0.25) is 0 Å². The van der Waals surface area contributed by atoms with Crippen molar-refractivity contribution in [2.45, 2.75) is 39.5 Å². The summed E-state index contributed by atoms with van der Waals surface area (Å²) in [5, 5.41) is 4.41. The smallest absolute Gasteiger partial charge is 0.219 e. The van der Waals surface area contributed by atoms with Crippen LogP contribution in [-0.2, 0) is 18.7 Å². The van der Waals surface area contributed by atoms with Crippen LogP contribution in [0.5, 0.6) is 0 Å². The lowest BCUT2D eigenvalue weighted by atomic mass is 10.3. The Morgan fingerprint density at radius 2 is 2.00 bits per heavy atom. The second-order valence-electron chi connectivity index (χ2n) is 3.98. The number of nitrogens with zero attached hydrogens (tertiary/aromatic N) is 5. The van der Waals surface area contributed by atoms with Gasteiger partial charge in [0.1, 0.15) is 5.82 Å². The highest BCUT2D eigenvalue weighted by molar-refractivity contribution is 6.17. The highest BCUT2D eigenvalue weighted by Crippen LogP contribution is 2.11. The minimum atomic E-state index is 0.421. The van der Waals surface area contributed by atoms with E-state index in [9.17, 15) is 0 Å². The topological polar surface area (TPSA) is 56.5 Å². The first kappa shape index (κ1) is 13.0. The largest absolute Gasteiger partial charge is 0.252 e. The van der Waals surface area contributed by atoms with Gasteiger partial charge in [-0.2, -0.15) is 4.68 Å². The fourth-order valence-electron chi connectivity index (χ4n) is 1.64. The molecular formula is C12H16ClN5. The predicted octanol–water partition coefficient (Wildman–Crippen LogP) is 2.23. The summed E-state index contributed by atoms with van der Waals surface area (Å²) in [5.41, 5.74) is 1.82. The maximum atomic E-state index is 5.80. The van der Waals surface area contributed by atoms with Gasteiger partial charge in [-0.25, -0.2) is 15.0 Å². The van der Waals surface area contributed by atoms with E-state index in [2.05, 4.69) is 20.1 Å². The van der Waals surface area contributed by atoms with Gasteiger partial charge in [0.25, 0.3) is 5.95 Å². The first-order chi connectivity index (χ1) is 8.69. The molecule has 0 N–H and O–H groups in total. The van der Waals surface area contributed by atoms with Crippen molar-refractivity contribution in [2.24, 2.45) is 0 Å². The fourth-order valence-corrected chi connectivity index (χ4v) is 1.91. The number of halogens is 1. The third-order valence-electron chi connectivity index (χ3n) is 2.75. The Labute approximate surface area is 111 Å². The Kier molecular flexibility index (Phi) is 3.91. The molecular weight excluding hydrogens is 250 g/mol.